The number of ether oxygens (including phenoxy) is 4. The molecule has 2 heterocycles. The maximum Gasteiger partial charge on any atom is 0.413 e. The summed E-state index contributed by atoms with van der Waals surface area (Å²) in [6, 6.07) is -0.0696. The maximum absolute atomic E-state index is 12.0. The van der Waals surface area contributed by atoms with Crippen LogP contribution in [0.4, 0.5) is 4.79 Å². The van der Waals surface area contributed by atoms with Crippen LogP contribution >= 0.6 is 0 Å². The van der Waals surface area contributed by atoms with Gasteiger partial charge < -0.3 is 18.9 Å². The fraction of sp³-hybridized carbons (Fsp3) is 0.750. The van der Waals surface area contributed by atoms with Crippen molar-refractivity contribution in [1.82, 2.24) is 4.90 Å². The smallest absolute Gasteiger partial charge is 0.413 e. The van der Waals surface area contributed by atoms with Crippen LogP contribution in [-0.2, 0) is 23.7 Å². The van der Waals surface area contributed by atoms with Crippen LogP contribution in [0.2, 0.25) is 0 Å². The van der Waals surface area contributed by atoms with Crippen molar-refractivity contribution in [2.75, 3.05) is 13.7 Å². The average Bonchev–Trinajstić information content (AvgIpc) is 2.85. The van der Waals surface area contributed by atoms with Gasteiger partial charge in [-0.15, -0.1) is 0 Å². The standard InChI is InChI=1S/C16H25NO6/c1-6-10-9-21-15(19)17(10)13-8-11(23-16(2,3)4)7-12(22-13)14(18)20-5/h7,10-11,13H,6,8-9H2,1-5H3/t10-,11+,13-/m1/s1. The van der Waals surface area contributed by atoms with Gasteiger partial charge in [-0.25, -0.2) is 9.59 Å². The second kappa shape index (κ2) is 6.78. The van der Waals surface area contributed by atoms with Gasteiger partial charge in [0.2, 0.25) is 5.76 Å². The molecule has 2 rings (SSSR count). The number of nitrogens with zero attached hydrogens (tertiary/aromatic N) is 1. The lowest BCUT2D eigenvalue weighted by Crippen LogP contribution is -2.48. The van der Waals surface area contributed by atoms with Crippen molar-refractivity contribution < 1.29 is 28.5 Å². The first-order valence-corrected chi connectivity index (χ1v) is 7.85. The molecular weight excluding hydrogens is 302 g/mol. The first kappa shape index (κ1) is 17.6. The zero-order valence-electron chi connectivity index (χ0n) is 14.3. The van der Waals surface area contributed by atoms with E-state index in [1.54, 1.807) is 11.0 Å². The molecule has 23 heavy (non-hydrogen) atoms. The fourth-order valence-corrected chi connectivity index (χ4v) is 2.73. The summed E-state index contributed by atoms with van der Waals surface area (Å²) < 4.78 is 21.5. The highest BCUT2D eigenvalue weighted by Gasteiger charge is 2.42. The van der Waals surface area contributed by atoms with Gasteiger partial charge in [0.25, 0.3) is 0 Å². The van der Waals surface area contributed by atoms with Crippen LogP contribution in [-0.4, -0.2) is 54.7 Å². The van der Waals surface area contributed by atoms with Crippen molar-refractivity contribution >= 4 is 12.1 Å². The molecule has 130 valence electrons. The third-order valence-corrected chi connectivity index (χ3v) is 3.71. The molecule has 0 spiro atoms. The van der Waals surface area contributed by atoms with Crippen LogP contribution in [0.5, 0.6) is 0 Å². The largest absolute Gasteiger partial charge is 0.463 e. The number of amides is 1. The molecule has 0 N–H and O–H groups in total. The van der Waals surface area contributed by atoms with Crippen molar-refractivity contribution in [3.8, 4) is 0 Å². The van der Waals surface area contributed by atoms with E-state index in [2.05, 4.69) is 0 Å². The molecule has 1 fully saturated rings. The van der Waals surface area contributed by atoms with Gasteiger partial charge in [-0.1, -0.05) is 6.92 Å². The molecule has 3 atom stereocenters. The monoisotopic (exact) mass is 327 g/mol. The Morgan fingerprint density at radius 2 is 2.13 bits per heavy atom. The average molecular weight is 327 g/mol. The normalized spacial score (nSPS) is 28.0. The lowest BCUT2D eigenvalue weighted by atomic mass is 10.1. The summed E-state index contributed by atoms with van der Waals surface area (Å²) in [5.74, 6) is -0.523. The number of cyclic esters (lactones) is 1. The Hall–Kier alpha value is -1.76. The van der Waals surface area contributed by atoms with Gasteiger partial charge in [0.05, 0.1) is 24.9 Å². The van der Waals surface area contributed by atoms with Crippen molar-refractivity contribution in [3.63, 3.8) is 0 Å². The van der Waals surface area contributed by atoms with Crippen molar-refractivity contribution in [3.05, 3.63) is 11.8 Å². The molecule has 0 aromatic rings. The van der Waals surface area contributed by atoms with E-state index in [0.717, 1.165) is 6.42 Å². The van der Waals surface area contributed by atoms with Crippen LogP contribution in [0.1, 0.15) is 40.5 Å². The molecule has 0 aromatic carbocycles. The summed E-state index contributed by atoms with van der Waals surface area (Å²) >= 11 is 0. The quantitative estimate of drug-likeness (QED) is 0.737. The van der Waals surface area contributed by atoms with Gasteiger partial charge in [0.15, 0.2) is 6.23 Å². The second-order valence-corrected chi connectivity index (χ2v) is 6.65. The minimum atomic E-state index is -0.610. The predicted octanol–water partition coefficient (Wildman–Crippen LogP) is 2.20. The number of esters is 1. The first-order valence-electron chi connectivity index (χ1n) is 7.85. The van der Waals surface area contributed by atoms with Crippen LogP contribution in [0.25, 0.3) is 0 Å². The van der Waals surface area contributed by atoms with Crippen molar-refractivity contribution in [2.24, 2.45) is 0 Å². The minimum Gasteiger partial charge on any atom is -0.463 e. The van der Waals surface area contributed by atoms with E-state index in [9.17, 15) is 9.59 Å². The molecule has 0 saturated carbocycles. The Labute approximate surface area is 136 Å². The third-order valence-electron chi connectivity index (χ3n) is 3.71. The summed E-state index contributed by atoms with van der Waals surface area (Å²) in [5, 5.41) is 0. The summed E-state index contributed by atoms with van der Waals surface area (Å²) in [6.45, 7) is 8.10. The number of carbonyl (C=O) groups excluding carboxylic acids is 2. The Morgan fingerprint density at radius 3 is 2.70 bits per heavy atom. The van der Waals surface area contributed by atoms with Gasteiger partial charge in [-0.05, 0) is 33.3 Å². The molecule has 0 bridgehead atoms. The lowest BCUT2D eigenvalue weighted by Gasteiger charge is -2.37. The molecule has 7 nitrogen and oxygen atoms in total. The number of hydrogen-bond donors (Lipinski definition) is 0. The number of hydrogen-bond acceptors (Lipinski definition) is 6. The van der Waals surface area contributed by atoms with E-state index >= 15 is 0 Å². The Morgan fingerprint density at radius 1 is 1.43 bits per heavy atom. The molecule has 0 aliphatic carbocycles. The zero-order chi connectivity index (χ0) is 17.2. The molecular formula is C16H25NO6. The predicted molar refractivity (Wildman–Crippen MR) is 81.5 cm³/mol. The maximum atomic E-state index is 12.0. The van der Waals surface area contributed by atoms with Crippen LogP contribution in [0.3, 0.4) is 0 Å². The first-order chi connectivity index (χ1) is 10.7. The number of carbonyl (C=O) groups is 2. The van der Waals surface area contributed by atoms with E-state index < -0.39 is 18.3 Å². The molecule has 2 aliphatic rings. The SMILES string of the molecule is CC[C@@H]1COC(=O)N1[C@H]1C[C@@H](OC(C)(C)C)C=C(C(=O)OC)O1. The molecule has 2 aliphatic heterocycles. The minimum absolute atomic E-state index is 0.0625. The topological polar surface area (TPSA) is 74.3 Å². The molecule has 1 amide bonds. The number of rotatable bonds is 4. The molecule has 0 radical (unpaired) electrons. The van der Waals surface area contributed by atoms with Gasteiger partial charge >= 0.3 is 12.1 Å². The van der Waals surface area contributed by atoms with Crippen LogP contribution in [0.15, 0.2) is 11.8 Å². The van der Waals surface area contributed by atoms with Crippen molar-refractivity contribution in [2.45, 2.75) is 64.5 Å². The summed E-state index contributed by atoms with van der Waals surface area (Å²) in [4.78, 5) is 25.4. The van der Waals surface area contributed by atoms with E-state index in [-0.39, 0.29) is 23.5 Å². The van der Waals surface area contributed by atoms with Gasteiger partial charge in [0, 0.05) is 6.42 Å². The van der Waals surface area contributed by atoms with Crippen molar-refractivity contribution in [1.29, 1.82) is 0 Å². The highest BCUT2D eigenvalue weighted by molar-refractivity contribution is 5.86. The highest BCUT2D eigenvalue weighted by Crippen LogP contribution is 2.30. The van der Waals surface area contributed by atoms with Gasteiger partial charge in [-0.3, -0.25) is 4.90 Å². The highest BCUT2D eigenvalue weighted by atomic mass is 16.6. The van der Waals surface area contributed by atoms with E-state index in [4.69, 9.17) is 18.9 Å². The second-order valence-electron chi connectivity index (χ2n) is 6.65. The lowest BCUT2D eigenvalue weighted by molar-refractivity contribution is -0.149. The van der Waals surface area contributed by atoms with E-state index in [1.807, 2.05) is 27.7 Å². The molecule has 1 saturated heterocycles. The summed E-state index contributed by atoms with van der Waals surface area (Å²) in [6.07, 6.45) is 1.39. The summed E-state index contributed by atoms with van der Waals surface area (Å²) in [5.41, 5.74) is -0.389. The zero-order valence-corrected chi connectivity index (χ0v) is 14.3. The molecule has 0 unspecified atom stereocenters. The summed E-state index contributed by atoms with van der Waals surface area (Å²) in [7, 11) is 1.29. The fourth-order valence-electron chi connectivity index (χ4n) is 2.73. The van der Waals surface area contributed by atoms with Crippen LogP contribution < -0.4 is 0 Å². The van der Waals surface area contributed by atoms with Crippen LogP contribution in [0, 0.1) is 0 Å². The third kappa shape index (κ3) is 4.16. The molecule has 0 aromatic heterocycles. The van der Waals surface area contributed by atoms with Gasteiger partial charge in [-0.2, -0.15) is 0 Å². The van der Waals surface area contributed by atoms with E-state index in [0.29, 0.717) is 13.0 Å². The Balaban J connectivity index is 2.23. The Kier molecular flexibility index (Phi) is 5.19. The van der Waals surface area contributed by atoms with Gasteiger partial charge in [0.1, 0.15) is 6.61 Å². The molecule has 7 heteroatoms. The van der Waals surface area contributed by atoms with E-state index in [1.165, 1.54) is 7.11 Å². The number of methoxy groups -OCH3 is 1. The Bertz CT molecular complexity index is 495.